The van der Waals surface area contributed by atoms with Crippen molar-refractivity contribution in [3.8, 4) is 0 Å². The van der Waals surface area contributed by atoms with Gasteiger partial charge in [0.05, 0.1) is 0 Å². The van der Waals surface area contributed by atoms with E-state index in [4.69, 9.17) is 5.73 Å². The number of benzene rings is 2. The standard InChI is InChI=1S/C15H15NO/c1-2-11-8-9-13(16)10-14(11)15(17)12-6-4-3-5-7-12/h3-10H,2,16H2,1H3. The fourth-order valence-electron chi connectivity index (χ4n) is 1.86. The Morgan fingerprint density at radius 3 is 2.47 bits per heavy atom. The number of carbonyl (C=O) groups is 1. The fraction of sp³-hybridized carbons (Fsp3) is 0.133. The Bertz CT molecular complexity index is 532. The molecule has 0 radical (unpaired) electrons. The largest absolute Gasteiger partial charge is 0.399 e. The number of carbonyl (C=O) groups excluding carboxylic acids is 1. The molecule has 0 saturated heterocycles. The maximum atomic E-state index is 12.3. The van der Waals surface area contributed by atoms with E-state index in [2.05, 4.69) is 0 Å². The zero-order valence-electron chi connectivity index (χ0n) is 9.81. The first-order valence-electron chi connectivity index (χ1n) is 5.70. The van der Waals surface area contributed by atoms with Gasteiger partial charge in [0.15, 0.2) is 5.78 Å². The van der Waals surface area contributed by atoms with Gasteiger partial charge in [-0.2, -0.15) is 0 Å². The Morgan fingerprint density at radius 1 is 1.12 bits per heavy atom. The molecule has 0 aromatic heterocycles. The van der Waals surface area contributed by atoms with Crippen LogP contribution < -0.4 is 5.73 Å². The first-order valence-corrected chi connectivity index (χ1v) is 5.70. The maximum absolute atomic E-state index is 12.3. The van der Waals surface area contributed by atoms with E-state index in [1.807, 2.05) is 49.4 Å². The molecule has 17 heavy (non-hydrogen) atoms. The molecule has 86 valence electrons. The Morgan fingerprint density at radius 2 is 1.82 bits per heavy atom. The van der Waals surface area contributed by atoms with Crippen molar-refractivity contribution in [3.05, 3.63) is 65.2 Å². The molecule has 0 bridgehead atoms. The highest BCUT2D eigenvalue weighted by Crippen LogP contribution is 2.18. The molecule has 0 amide bonds. The number of rotatable bonds is 3. The van der Waals surface area contributed by atoms with E-state index in [-0.39, 0.29) is 5.78 Å². The molecule has 0 atom stereocenters. The van der Waals surface area contributed by atoms with Crippen molar-refractivity contribution in [2.45, 2.75) is 13.3 Å². The molecule has 0 heterocycles. The van der Waals surface area contributed by atoms with Crippen LogP contribution in [-0.4, -0.2) is 5.78 Å². The van der Waals surface area contributed by atoms with Crippen LogP contribution >= 0.6 is 0 Å². The van der Waals surface area contributed by atoms with Crippen molar-refractivity contribution in [3.63, 3.8) is 0 Å². The van der Waals surface area contributed by atoms with E-state index >= 15 is 0 Å². The molecule has 2 nitrogen and oxygen atoms in total. The lowest BCUT2D eigenvalue weighted by Crippen LogP contribution is -2.06. The molecule has 2 aromatic rings. The summed E-state index contributed by atoms with van der Waals surface area (Å²) in [6.07, 6.45) is 0.828. The fourth-order valence-corrected chi connectivity index (χ4v) is 1.86. The number of hydrogen-bond acceptors (Lipinski definition) is 2. The summed E-state index contributed by atoms with van der Waals surface area (Å²) in [6, 6.07) is 14.8. The Kier molecular flexibility index (Phi) is 3.24. The van der Waals surface area contributed by atoms with E-state index in [1.165, 1.54) is 0 Å². The highest BCUT2D eigenvalue weighted by atomic mass is 16.1. The molecular weight excluding hydrogens is 210 g/mol. The van der Waals surface area contributed by atoms with Gasteiger partial charge in [0.2, 0.25) is 0 Å². The second-order valence-corrected chi connectivity index (χ2v) is 3.97. The van der Waals surface area contributed by atoms with Crippen LogP contribution in [0.15, 0.2) is 48.5 Å². The molecule has 0 spiro atoms. The third-order valence-electron chi connectivity index (χ3n) is 2.80. The van der Waals surface area contributed by atoms with Gasteiger partial charge in [0.25, 0.3) is 0 Å². The lowest BCUT2D eigenvalue weighted by Gasteiger charge is -2.08. The lowest BCUT2D eigenvalue weighted by atomic mass is 9.96. The van der Waals surface area contributed by atoms with Crippen LogP contribution in [0.4, 0.5) is 5.69 Å². The van der Waals surface area contributed by atoms with E-state index in [0.717, 1.165) is 12.0 Å². The first kappa shape index (κ1) is 11.4. The van der Waals surface area contributed by atoms with Gasteiger partial charge in [0, 0.05) is 16.8 Å². The molecule has 0 aliphatic carbocycles. The van der Waals surface area contributed by atoms with Crippen molar-refractivity contribution in [2.24, 2.45) is 0 Å². The van der Waals surface area contributed by atoms with Gasteiger partial charge < -0.3 is 5.73 Å². The predicted molar refractivity (Wildman–Crippen MR) is 70.1 cm³/mol. The summed E-state index contributed by atoms with van der Waals surface area (Å²) in [6.45, 7) is 2.04. The highest BCUT2D eigenvalue weighted by molar-refractivity contribution is 6.10. The summed E-state index contributed by atoms with van der Waals surface area (Å²) in [4.78, 5) is 12.3. The molecule has 0 unspecified atom stereocenters. The second kappa shape index (κ2) is 4.83. The van der Waals surface area contributed by atoms with Gasteiger partial charge in [-0.1, -0.05) is 43.3 Å². The number of aryl methyl sites for hydroxylation is 1. The first-order chi connectivity index (χ1) is 8.22. The monoisotopic (exact) mass is 225 g/mol. The highest BCUT2D eigenvalue weighted by Gasteiger charge is 2.12. The van der Waals surface area contributed by atoms with Crippen LogP contribution in [0.5, 0.6) is 0 Å². The van der Waals surface area contributed by atoms with Crippen LogP contribution in [0.3, 0.4) is 0 Å². The quantitative estimate of drug-likeness (QED) is 0.644. The number of anilines is 1. The number of ketones is 1. The minimum absolute atomic E-state index is 0.0368. The van der Waals surface area contributed by atoms with Gasteiger partial charge in [-0.25, -0.2) is 0 Å². The molecule has 2 heteroatoms. The number of nitrogen functional groups attached to an aromatic ring is 1. The smallest absolute Gasteiger partial charge is 0.193 e. The molecule has 0 aliphatic rings. The van der Waals surface area contributed by atoms with E-state index in [9.17, 15) is 4.79 Å². The van der Waals surface area contributed by atoms with Crippen LogP contribution in [0.25, 0.3) is 0 Å². The molecular formula is C15H15NO. The minimum Gasteiger partial charge on any atom is -0.399 e. The van der Waals surface area contributed by atoms with Gasteiger partial charge in [0.1, 0.15) is 0 Å². The molecule has 2 N–H and O–H groups in total. The summed E-state index contributed by atoms with van der Waals surface area (Å²) in [7, 11) is 0. The third-order valence-corrected chi connectivity index (χ3v) is 2.80. The number of hydrogen-bond donors (Lipinski definition) is 1. The average molecular weight is 225 g/mol. The summed E-state index contributed by atoms with van der Waals surface area (Å²) in [5, 5.41) is 0. The molecule has 2 rings (SSSR count). The molecule has 0 saturated carbocycles. The Balaban J connectivity index is 2.47. The van der Waals surface area contributed by atoms with Gasteiger partial charge in [-0.3, -0.25) is 4.79 Å². The van der Waals surface area contributed by atoms with E-state index in [0.29, 0.717) is 16.8 Å². The third kappa shape index (κ3) is 2.36. The topological polar surface area (TPSA) is 43.1 Å². The van der Waals surface area contributed by atoms with Crippen molar-refractivity contribution in [1.82, 2.24) is 0 Å². The van der Waals surface area contributed by atoms with Crippen LogP contribution in [0.2, 0.25) is 0 Å². The normalized spacial score (nSPS) is 10.2. The second-order valence-electron chi connectivity index (χ2n) is 3.97. The molecule has 0 aliphatic heterocycles. The predicted octanol–water partition coefficient (Wildman–Crippen LogP) is 3.06. The average Bonchev–Trinajstić information content (AvgIpc) is 2.39. The zero-order chi connectivity index (χ0) is 12.3. The van der Waals surface area contributed by atoms with Crippen molar-refractivity contribution < 1.29 is 4.79 Å². The zero-order valence-corrected chi connectivity index (χ0v) is 9.81. The summed E-state index contributed by atoms with van der Waals surface area (Å²) in [5.41, 5.74) is 8.82. The van der Waals surface area contributed by atoms with Gasteiger partial charge in [-0.15, -0.1) is 0 Å². The lowest BCUT2D eigenvalue weighted by molar-refractivity contribution is 0.103. The summed E-state index contributed by atoms with van der Waals surface area (Å²) < 4.78 is 0. The van der Waals surface area contributed by atoms with Crippen molar-refractivity contribution in [1.29, 1.82) is 0 Å². The summed E-state index contributed by atoms with van der Waals surface area (Å²) in [5.74, 6) is 0.0368. The van der Waals surface area contributed by atoms with Crippen LogP contribution in [0.1, 0.15) is 28.4 Å². The Labute approximate surface area is 101 Å². The van der Waals surface area contributed by atoms with Crippen molar-refractivity contribution >= 4 is 11.5 Å². The number of nitrogens with two attached hydrogens (primary N) is 1. The van der Waals surface area contributed by atoms with E-state index in [1.54, 1.807) is 6.07 Å². The minimum atomic E-state index is 0.0368. The van der Waals surface area contributed by atoms with Crippen molar-refractivity contribution in [2.75, 3.05) is 5.73 Å². The molecule has 2 aromatic carbocycles. The SMILES string of the molecule is CCc1ccc(N)cc1C(=O)c1ccccc1. The van der Waals surface area contributed by atoms with Gasteiger partial charge >= 0.3 is 0 Å². The summed E-state index contributed by atoms with van der Waals surface area (Å²) >= 11 is 0. The van der Waals surface area contributed by atoms with E-state index < -0.39 is 0 Å². The Hall–Kier alpha value is -2.09. The van der Waals surface area contributed by atoms with Gasteiger partial charge in [-0.05, 0) is 24.1 Å². The van der Waals surface area contributed by atoms with Crippen LogP contribution in [0, 0.1) is 0 Å². The molecule has 0 fully saturated rings. The maximum Gasteiger partial charge on any atom is 0.193 e. The van der Waals surface area contributed by atoms with Crippen LogP contribution in [-0.2, 0) is 6.42 Å².